The van der Waals surface area contributed by atoms with E-state index < -0.39 is 11.8 Å². The third-order valence-electron chi connectivity index (χ3n) is 5.99. The van der Waals surface area contributed by atoms with E-state index >= 15 is 0 Å². The molecule has 6 N–H and O–H groups in total. The van der Waals surface area contributed by atoms with Gasteiger partial charge in [0.25, 0.3) is 0 Å². The normalized spacial score (nSPS) is 16.3. The molecule has 0 radical (unpaired) electrons. The van der Waals surface area contributed by atoms with Gasteiger partial charge < -0.3 is 26.0 Å². The summed E-state index contributed by atoms with van der Waals surface area (Å²) < 4.78 is 0. The predicted octanol–water partition coefficient (Wildman–Crippen LogP) is 5.73. The lowest BCUT2D eigenvalue weighted by Gasteiger charge is -2.43. The molecule has 8 heteroatoms. The van der Waals surface area contributed by atoms with Crippen LogP contribution in [0.3, 0.4) is 0 Å². The second-order valence-corrected chi connectivity index (χ2v) is 10.1. The Bertz CT molecular complexity index is 568. The highest BCUT2D eigenvalue weighted by Crippen LogP contribution is 2.39. The molecule has 0 saturated carbocycles. The summed E-state index contributed by atoms with van der Waals surface area (Å²) in [6, 6.07) is 0.241. The number of alkyl halides is 2. The summed E-state index contributed by atoms with van der Waals surface area (Å²) >= 11 is 10.6. The van der Waals surface area contributed by atoms with Crippen LogP contribution in [0.2, 0.25) is 0 Å². The molecule has 212 valence electrons. The van der Waals surface area contributed by atoms with Gasteiger partial charge in [-0.1, -0.05) is 53.7 Å². The number of allylic oxidation sites excluding steroid dienone is 2. The van der Waals surface area contributed by atoms with Crippen molar-refractivity contribution in [3.8, 4) is 0 Å². The van der Waals surface area contributed by atoms with E-state index in [0.29, 0.717) is 17.9 Å². The molecule has 0 fully saturated rings. The minimum absolute atomic E-state index is 0.110. The quantitative estimate of drug-likeness (QED) is 0.0772. The van der Waals surface area contributed by atoms with Gasteiger partial charge in [-0.2, -0.15) is 0 Å². The third kappa shape index (κ3) is 17.6. The highest BCUT2D eigenvalue weighted by Gasteiger charge is 2.42. The fraction of sp³-hybridized carbons (Fsp3) is 0.815. The van der Waals surface area contributed by atoms with E-state index in [1.807, 2.05) is 47.7 Å². The molecule has 0 aromatic carbocycles. The molecule has 0 aromatic rings. The number of nitrogens with one attached hydrogen (secondary N) is 3. The first kappa shape index (κ1) is 41.6. The standard InChI is InChI=1S/C14H28ClNO.C11H22N2O.CH3Cl.CH4O/c1-7-14(17,13(4,5)10-16-6)11(2)8-9-12(3)15;1-5-6-10(7-12)11(14)13-9(4)8(2)3;2*1-2/h8,12,16-17H,7,9-10H2,1-6H3;6-9,11-14H,5H2,1-4H3;1H3;2H,1H3/b11-8+;10-6+,12-7?;;/t12?,14-;;;/m0.../s1. The summed E-state index contributed by atoms with van der Waals surface area (Å²) in [5, 5.41) is 41.1. The lowest BCUT2D eigenvalue weighted by Crippen LogP contribution is -2.50. The highest BCUT2D eigenvalue weighted by molar-refractivity contribution is 6.20. The molecule has 0 heterocycles. The van der Waals surface area contributed by atoms with Crippen LogP contribution in [0.15, 0.2) is 23.3 Å². The van der Waals surface area contributed by atoms with Crippen molar-refractivity contribution in [2.45, 2.75) is 105 Å². The van der Waals surface area contributed by atoms with E-state index in [1.165, 1.54) is 12.6 Å². The maximum Gasteiger partial charge on any atom is 0.132 e. The van der Waals surface area contributed by atoms with Gasteiger partial charge in [0, 0.05) is 48.7 Å². The molecule has 6 nitrogen and oxygen atoms in total. The third-order valence-corrected chi connectivity index (χ3v) is 6.17. The fourth-order valence-electron chi connectivity index (χ4n) is 3.41. The van der Waals surface area contributed by atoms with Gasteiger partial charge >= 0.3 is 0 Å². The minimum atomic E-state index is -0.776. The summed E-state index contributed by atoms with van der Waals surface area (Å²) in [6.45, 7) is 19.2. The molecule has 0 bridgehead atoms. The lowest BCUT2D eigenvalue weighted by molar-refractivity contribution is -0.0363. The Kier molecular flexibility index (Phi) is 28.4. The Balaban J connectivity index is -0.000000243. The minimum Gasteiger partial charge on any atom is -0.400 e. The Hall–Kier alpha value is -0.470. The zero-order valence-corrected chi connectivity index (χ0v) is 26.0. The topological polar surface area (TPSA) is 109 Å². The van der Waals surface area contributed by atoms with Gasteiger partial charge in [0.05, 0.1) is 5.60 Å². The van der Waals surface area contributed by atoms with Crippen molar-refractivity contribution in [3.63, 3.8) is 0 Å². The first-order chi connectivity index (χ1) is 16.2. The van der Waals surface area contributed by atoms with Gasteiger partial charge in [0.1, 0.15) is 6.23 Å². The Morgan fingerprint density at radius 1 is 1.06 bits per heavy atom. The second kappa shape index (κ2) is 23.9. The largest absolute Gasteiger partial charge is 0.400 e. The maximum absolute atomic E-state index is 10.9. The number of rotatable bonds is 13. The van der Waals surface area contributed by atoms with Crippen LogP contribution in [0.1, 0.15) is 81.6 Å². The van der Waals surface area contributed by atoms with Crippen LogP contribution < -0.4 is 10.6 Å². The van der Waals surface area contributed by atoms with Crippen LogP contribution in [0.5, 0.6) is 0 Å². The average Bonchev–Trinajstić information content (AvgIpc) is 2.82. The molecule has 0 spiro atoms. The van der Waals surface area contributed by atoms with Gasteiger partial charge in [0.2, 0.25) is 0 Å². The van der Waals surface area contributed by atoms with E-state index in [-0.39, 0.29) is 16.8 Å². The zero-order chi connectivity index (χ0) is 28.8. The summed E-state index contributed by atoms with van der Waals surface area (Å²) in [7, 11) is 2.91. The molecule has 0 amide bonds. The SMILES string of the molecule is CC/C=C(\C=N)C(O)NC(C)C(C)C.CC[C@](O)(/C(C)=C/CC(C)Cl)C(C)(C)CNC.CCl.CO. The van der Waals surface area contributed by atoms with Crippen LogP contribution in [-0.2, 0) is 0 Å². The summed E-state index contributed by atoms with van der Waals surface area (Å²) in [5.41, 5.74) is 0.682. The molecule has 0 aromatic heterocycles. The molecule has 0 aliphatic rings. The Labute approximate surface area is 227 Å². The molecular formula is C27H57Cl2N3O3. The molecular weight excluding hydrogens is 485 g/mol. The van der Waals surface area contributed by atoms with Crippen LogP contribution in [0.25, 0.3) is 0 Å². The van der Waals surface area contributed by atoms with Crippen LogP contribution in [0, 0.1) is 16.7 Å². The highest BCUT2D eigenvalue weighted by atomic mass is 35.5. The van der Waals surface area contributed by atoms with Gasteiger partial charge in [-0.25, -0.2) is 0 Å². The van der Waals surface area contributed by atoms with Crippen molar-refractivity contribution < 1.29 is 15.3 Å². The van der Waals surface area contributed by atoms with Crippen LogP contribution >= 0.6 is 23.2 Å². The predicted molar refractivity (Wildman–Crippen MR) is 157 cm³/mol. The monoisotopic (exact) mass is 541 g/mol. The van der Waals surface area contributed by atoms with Gasteiger partial charge in [-0.15, -0.1) is 23.2 Å². The molecule has 4 atom stereocenters. The first-order valence-electron chi connectivity index (χ1n) is 12.4. The molecule has 0 aliphatic heterocycles. The van der Waals surface area contributed by atoms with Crippen molar-refractivity contribution in [3.05, 3.63) is 23.3 Å². The fourth-order valence-corrected chi connectivity index (χ4v) is 3.50. The zero-order valence-electron chi connectivity index (χ0n) is 24.5. The Morgan fingerprint density at radius 3 is 1.86 bits per heavy atom. The van der Waals surface area contributed by atoms with Crippen molar-refractivity contribution in [2.75, 3.05) is 27.1 Å². The number of aliphatic hydroxyl groups excluding tert-OH is 2. The molecule has 3 unspecified atom stereocenters. The van der Waals surface area contributed by atoms with Crippen molar-refractivity contribution >= 4 is 29.4 Å². The number of halogens is 2. The second-order valence-electron chi connectivity index (χ2n) is 9.39. The van der Waals surface area contributed by atoms with E-state index in [0.717, 1.165) is 32.1 Å². The number of aliphatic hydroxyl groups is 3. The average molecular weight is 543 g/mol. The van der Waals surface area contributed by atoms with E-state index in [1.54, 1.807) is 0 Å². The number of hydrogen-bond donors (Lipinski definition) is 6. The van der Waals surface area contributed by atoms with Gasteiger partial charge in [-0.05, 0) is 58.6 Å². The van der Waals surface area contributed by atoms with Crippen LogP contribution in [0.4, 0.5) is 0 Å². The lowest BCUT2D eigenvalue weighted by atomic mass is 9.69. The van der Waals surface area contributed by atoms with Crippen molar-refractivity contribution in [2.24, 2.45) is 11.3 Å². The molecule has 0 saturated heterocycles. The maximum atomic E-state index is 10.9. The number of hydrogen-bond acceptors (Lipinski definition) is 6. The van der Waals surface area contributed by atoms with E-state index in [9.17, 15) is 10.2 Å². The molecule has 0 aliphatic carbocycles. The summed E-state index contributed by atoms with van der Waals surface area (Å²) in [5.74, 6) is 0.471. The Morgan fingerprint density at radius 2 is 1.54 bits per heavy atom. The smallest absolute Gasteiger partial charge is 0.132 e. The first-order valence-corrected chi connectivity index (χ1v) is 13.6. The van der Waals surface area contributed by atoms with Crippen LogP contribution in [-0.4, -0.2) is 71.9 Å². The van der Waals surface area contributed by atoms with Gasteiger partial charge in [-0.3, -0.25) is 5.32 Å². The van der Waals surface area contributed by atoms with Crippen molar-refractivity contribution in [1.82, 2.24) is 10.6 Å². The summed E-state index contributed by atoms with van der Waals surface area (Å²) in [4.78, 5) is 0. The molecule has 35 heavy (non-hydrogen) atoms. The summed E-state index contributed by atoms with van der Waals surface area (Å²) in [6.07, 6.45) is 8.22. The van der Waals surface area contributed by atoms with E-state index in [2.05, 4.69) is 56.0 Å². The molecule has 0 rings (SSSR count). The van der Waals surface area contributed by atoms with Crippen molar-refractivity contribution in [1.29, 1.82) is 5.41 Å². The van der Waals surface area contributed by atoms with Gasteiger partial charge in [0.15, 0.2) is 0 Å². The van der Waals surface area contributed by atoms with E-state index in [4.69, 9.17) is 22.1 Å².